The molecule has 1 fully saturated rings. The van der Waals surface area contributed by atoms with E-state index in [0.717, 1.165) is 74.8 Å². The number of carbonyl (C=O) groups excluding carboxylic acids is 6. The summed E-state index contributed by atoms with van der Waals surface area (Å²) in [5.74, 6) is 0.208. The number of nitrogens with zero attached hydrogens (tertiary/aromatic N) is 11. The molecule has 40 heteroatoms. The maximum absolute atomic E-state index is 13.7. The minimum absolute atomic E-state index is 0.00635. The summed E-state index contributed by atoms with van der Waals surface area (Å²) in [6, 6.07) is 47.7. The zero-order valence-corrected chi connectivity index (χ0v) is 84.2. The lowest BCUT2D eigenvalue weighted by Crippen LogP contribution is -2.38. The molecule has 0 bridgehead atoms. The average molecular weight is 2060 g/mol. The van der Waals surface area contributed by atoms with Gasteiger partial charge < -0.3 is 49.1 Å². The molecule has 2 aliphatic heterocycles. The van der Waals surface area contributed by atoms with E-state index >= 15 is 0 Å². The van der Waals surface area contributed by atoms with Gasteiger partial charge in [0.15, 0.2) is 59.0 Å². The van der Waals surface area contributed by atoms with Crippen molar-refractivity contribution in [3.8, 4) is 28.7 Å². The molecule has 3 aromatic heterocycles. The van der Waals surface area contributed by atoms with Crippen molar-refractivity contribution in [2.45, 2.75) is 164 Å². The third kappa shape index (κ3) is 27.9. The zero-order chi connectivity index (χ0) is 99.1. The molecule has 9 aromatic carbocycles. The molecule has 1 saturated heterocycles. The van der Waals surface area contributed by atoms with Crippen LogP contribution in [0.4, 0.5) is 39.8 Å². The van der Waals surface area contributed by atoms with Crippen LogP contribution >= 0.6 is 92.8 Å². The number of unbranched alkanes of at least 4 members (excludes halogenated alkanes) is 3. The van der Waals surface area contributed by atoms with E-state index in [1.807, 2.05) is 143 Å². The Hall–Kier alpha value is -12.2. The topological polar surface area (TPSA) is 367 Å². The summed E-state index contributed by atoms with van der Waals surface area (Å²) < 4.78 is 54.1. The Balaban J connectivity index is 0.000000186. The van der Waals surface area contributed by atoms with Crippen molar-refractivity contribution in [1.82, 2.24) is 45.1 Å². The number of nitrogens with one attached hydrogen (secondary N) is 7. The van der Waals surface area contributed by atoms with Gasteiger partial charge in [-0.15, -0.1) is 10.2 Å². The Bertz CT molecular complexity index is 6480. The zero-order valence-electron chi connectivity index (χ0n) is 77.3. The number of anilines is 5. The lowest BCUT2D eigenvalue weighted by Gasteiger charge is -2.21. The Morgan fingerprint density at radius 2 is 1.17 bits per heavy atom. The summed E-state index contributed by atoms with van der Waals surface area (Å²) in [5.41, 5.74) is 13.0. The number of ether oxygens (including phenoxy) is 5. The first-order valence-corrected chi connectivity index (χ1v) is 48.3. The van der Waals surface area contributed by atoms with Crippen LogP contribution in [0.1, 0.15) is 147 Å². The lowest BCUT2D eigenvalue weighted by molar-refractivity contribution is -0.123. The first-order valence-electron chi connectivity index (χ1n) is 44.2. The monoisotopic (exact) mass is 2050 g/mol. The van der Waals surface area contributed by atoms with Crippen molar-refractivity contribution in [1.29, 1.82) is 0 Å². The second-order valence-electron chi connectivity index (χ2n) is 32.2. The number of hydrazone groups is 1. The quantitative estimate of drug-likeness (QED) is 0.0140. The Morgan fingerprint density at radius 1 is 0.572 bits per heavy atom. The number of hydrazine groups is 1. The fourth-order valence-corrected chi connectivity index (χ4v) is 17.2. The fraction of sp³-hybridized carbons (Fsp3) is 0.296. The van der Waals surface area contributed by atoms with Crippen LogP contribution in [0.25, 0.3) is 5.65 Å². The number of aromatic nitrogens is 6. The van der Waals surface area contributed by atoms with E-state index in [-0.39, 0.29) is 107 Å². The predicted molar refractivity (Wildman–Crippen MR) is 544 cm³/mol. The van der Waals surface area contributed by atoms with E-state index in [2.05, 4.69) is 78.9 Å². The molecule has 0 saturated carbocycles. The van der Waals surface area contributed by atoms with Crippen LogP contribution in [0.5, 0.6) is 28.7 Å². The molecule has 0 aliphatic carbocycles. The number of hydrogen-bond acceptors (Lipinski definition) is 20. The molecule has 5 heterocycles. The summed E-state index contributed by atoms with van der Waals surface area (Å²) in [4.78, 5) is 89.7. The van der Waals surface area contributed by atoms with Crippen molar-refractivity contribution >= 4 is 197 Å². The normalized spacial score (nSPS) is 14.8. The van der Waals surface area contributed by atoms with E-state index in [1.54, 1.807) is 85.1 Å². The number of H-pyrrole nitrogens is 1. The molecule has 2 aliphatic rings. The molecule has 7 N–H and O–H groups in total. The van der Waals surface area contributed by atoms with Crippen LogP contribution < -0.4 is 64.6 Å². The third-order valence-corrected chi connectivity index (χ3v) is 24.4. The van der Waals surface area contributed by atoms with Gasteiger partial charge >= 0.3 is 0 Å². The van der Waals surface area contributed by atoms with Gasteiger partial charge in [0.1, 0.15) is 40.3 Å². The van der Waals surface area contributed by atoms with Gasteiger partial charge in [-0.05, 0) is 213 Å². The minimum Gasteiger partial charge on any atom is -0.487 e. The highest BCUT2D eigenvalue weighted by Gasteiger charge is 2.43. The van der Waals surface area contributed by atoms with Crippen LogP contribution in [0, 0.1) is 48.5 Å². The number of amidine groups is 2. The van der Waals surface area contributed by atoms with Crippen molar-refractivity contribution in [3.63, 3.8) is 0 Å². The largest absolute Gasteiger partial charge is 0.487 e. The maximum atomic E-state index is 13.7. The highest BCUT2D eigenvalue weighted by Crippen LogP contribution is 2.43. The molecule has 7 unspecified atom stereocenters. The molecule has 12 aromatic rings. The van der Waals surface area contributed by atoms with E-state index in [9.17, 15) is 33.0 Å². The van der Waals surface area contributed by atoms with Gasteiger partial charge in [0.05, 0.1) is 48.8 Å². The van der Waals surface area contributed by atoms with E-state index in [4.69, 9.17) is 121 Å². The molecule has 0 radical (unpaired) electrons. The Labute approximate surface area is 841 Å². The Kier molecular flexibility index (Phi) is 37.5. The first-order chi connectivity index (χ1) is 66.2. The number of amides is 6. The summed E-state index contributed by atoms with van der Waals surface area (Å²) >= 11 is 48.6. The molecule has 138 heavy (non-hydrogen) atoms. The van der Waals surface area contributed by atoms with Gasteiger partial charge in [0.25, 0.3) is 46.7 Å². The number of carbonyl (C=O) groups is 6. The number of aryl methyl sites for hydroxylation is 7. The van der Waals surface area contributed by atoms with Crippen LogP contribution in [0.3, 0.4) is 0 Å². The lowest BCUT2D eigenvalue weighted by atomic mass is 10.1. The second-order valence-corrected chi connectivity index (χ2v) is 36.4. The van der Waals surface area contributed by atoms with Gasteiger partial charge in [-0.2, -0.15) is 29.2 Å². The van der Waals surface area contributed by atoms with Gasteiger partial charge in [0.2, 0.25) is 6.04 Å². The number of hydrogen-bond donors (Lipinski definition) is 7. The van der Waals surface area contributed by atoms with Crippen LogP contribution in [0.15, 0.2) is 209 Å². The van der Waals surface area contributed by atoms with Gasteiger partial charge in [-0.3, -0.25) is 44.0 Å². The van der Waals surface area contributed by atoms with Gasteiger partial charge in [-0.25, -0.2) is 19.7 Å². The predicted octanol–water partition coefficient (Wildman–Crippen LogP) is 22.8. The standard InChI is InChI=1S/C34H47ClN6O6S.C33H28Cl4N6O3.C31H27Cl3N6O4/c1-7-9-10-11-12-29(46-27-15-13-22(3)19-23(27)4)34(42)37-26-14-16-28(45-18-17-44-8-2)30(20-26)47-48(43)36-21-24(5)32-38-33-31(35)25(6)39-41(33)40-32;1-4-28(46-23-7-5-6-19(3)14-23)32(44)38-22-12-13-24(35)27(17-22)39-31-29(41-40-21-10-8-18(2)9-11-21)33(45)43(42-31)30-25(36)15-20(34)16-26(30)37;1-4-24(44-25-10-9-17(2)13-18(25)3)30(42)36-21-8-5-7-19(14-21)29(41)37-28-27(39-12-6-11-35-39)31(43)40(38-28)26-22(33)15-20(32)16-23(26)34/h13-16,19-20,24,29,36,39H,7-12,17-18,21H2,1-6H3,(H,37,42);5-17,28-29H,4H2,1-3H3,(H,38,44)(H,39,42);5-16,24,27H,4H2,1-3H3,(H,36,42)(H,37,38,41). The summed E-state index contributed by atoms with van der Waals surface area (Å²) in [7, 11) is 0. The Morgan fingerprint density at radius 3 is 1.78 bits per heavy atom. The van der Waals surface area contributed by atoms with Crippen molar-refractivity contribution < 1.29 is 60.8 Å². The second kappa shape index (κ2) is 49.4. The summed E-state index contributed by atoms with van der Waals surface area (Å²) in [5, 5.41) is 39.9. The van der Waals surface area contributed by atoms with Crippen LogP contribution in [0.2, 0.25) is 40.2 Å². The van der Waals surface area contributed by atoms with E-state index in [1.165, 1.54) is 45.8 Å². The van der Waals surface area contributed by atoms with Crippen molar-refractivity contribution in [3.05, 3.63) is 279 Å². The minimum atomic E-state index is -1.96. The van der Waals surface area contributed by atoms with E-state index < -0.39 is 59.4 Å². The number of benzene rings is 9. The third-order valence-electron chi connectivity index (χ3n) is 21.3. The molecule has 0 spiro atoms. The highest BCUT2D eigenvalue weighted by atomic mass is 35.5. The van der Waals surface area contributed by atoms with Crippen LogP contribution in [-0.2, 0) is 40.0 Å². The van der Waals surface area contributed by atoms with Crippen molar-refractivity contribution in [2.75, 3.05) is 52.3 Å². The van der Waals surface area contributed by atoms with Gasteiger partial charge in [0, 0.05) is 70.2 Å². The maximum Gasteiger partial charge on any atom is 0.288 e. The number of halogens is 8. The number of fused-ring (bicyclic) bond motifs is 1. The van der Waals surface area contributed by atoms with Gasteiger partial charge in [-0.1, -0.05) is 211 Å². The van der Waals surface area contributed by atoms with Crippen LogP contribution in [-0.4, -0.2) is 132 Å². The summed E-state index contributed by atoms with van der Waals surface area (Å²) in [6.45, 7) is 24.7. The number of rotatable bonds is 37. The number of azo groups is 1. The molecule has 31 nitrogen and oxygen atoms in total. The van der Waals surface area contributed by atoms with E-state index in [0.29, 0.717) is 99.7 Å². The molecular formula is C98H102Cl8N18O13S. The molecule has 6 amide bonds. The first kappa shape index (κ1) is 105. The molecule has 724 valence electrons. The SMILES string of the molecule is CCC(Oc1ccc(C)cc1C)C(=O)Nc1cccc(C(=O)NC2=NN(c3c(Cl)cc(Cl)cc3Cl)C(=O)C2n2cccn2)c1.CCC(Oc1cccc(C)c1)C(=O)Nc1ccc(Cl)c(N=C2NN(c3c(Cl)cc(Cl)cc3Cl)C(=O)C2N=Nc2ccc(C)cc2)c1.CCCCCCC(Oc1ccc(C)cc1C)C(=O)Nc1ccc(OCCOCC)c(OS(=O)NCC(C)c2nc3c(Cl)c(C)[nH]n3n2)c1. The fourth-order valence-electron chi connectivity index (χ4n) is 14.1. The molecular weight excluding hydrogens is 1950 g/mol. The molecule has 14 rings (SSSR count). The highest BCUT2D eigenvalue weighted by molar-refractivity contribution is 7.78. The smallest absolute Gasteiger partial charge is 0.288 e. The number of aromatic amines is 1. The summed E-state index contributed by atoms with van der Waals surface area (Å²) in [6.07, 6.45) is 6.38. The van der Waals surface area contributed by atoms with Crippen molar-refractivity contribution in [2.24, 2.45) is 20.3 Å². The molecule has 7 atom stereocenters. The average Bonchev–Trinajstić information content (AvgIpc) is 1.62. The number of aliphatic imine (C=N–C) groups is 1.